The third-order valence-electron chi connectivity index (χ3n) is 2.31. The summed E-state index contributed by atoms with van der Waals surface area (Å²) in [6.07, 6.45) is 0. The van der Waals surface area contributed by atoms with Gasteiger partial charge in [-0.15, -0.1) is 0 Å². The fourth-order valence-electron chi connectivity index (χ4n) is 1.44. The van der Waals surface area contributed by atoms with Crippen LogP contribution in [0.2, 0.25) is 5.02 Å². The number of hydrogen-bond donors (Lipinski definition) is 2. The lowest BCUT2D eigenvalue weighted by Gasteiger charge is -1.97. The van der Waals surface area contributed by atoms with Gasteiger partial charge in [0.2, 0.25) is 0 Å². The van der Waals surface area contributed by atoms with E-state index >= 15 is 0 Å². The molecule has 2 aromatic rings. The van der Waals surface area contributed by atoms with Gasteiger partial charge in [-0.05, 0) is 24.6 Å². The van der Waals surface area contributed by atoms with Crippen molar-refractivity contribution in [1.82, 2.24) is 4.98 Å². The van der Waals surface area contributed by atoms with E-state index in [1.165, 1.54) is 6.07 Å². The summed E-state index contributed by atoms with van der Waals surface area (Å²) >= 11 is 5.89. The minimum Gasteiger partial charge on any atom is -0.503 e. The van der Waals surface area contributed by atoms with Crippen LogP contribution in [-0.4, -0.2) is 10.1 Å². The first-order valence-electron chi connectivity index (χ1n) is 4.55. The summed E-state index contributed by atoms with van der Waals surface area (Å²) in [5.41, 5.74) is -0.0960. The fraction of sp³-hybridized carbons (Fsp3) is 0.0909. The molecule has 0 amide bonds. The largest absolute Gasteiger partial charge is 0.503 e. The molecule has 16 heavy (non-hydrogen) atoms. The molecule has 0 spiro atoms. The van der Waals surface area contributed by atoms with Gasteiger partial charge in [0.1, 0.15) is 0 Å². The number of benzene rings is 1. The van der Waals surface area contributed by atoms with E-state index < -0.39 is 16.7 Å². The summed E-state index contributed by atoms with van der Waals surface area (Å²) in [5.74, 6) is -0.602. The van der Waals surface area contributed by atoms with Gasteiger partial charge in [-0.1, -0.05) is 11.6 Å². The molecular formula is C11H8ClNO3. The molecule has 1 aromatic carbocycles. The molecule has 0 atom stereocenters. The van der Waals surface area contributed by atoms with Gasteiger partial charge in [0.05, 0.1) is 5.52 Å². The number of fused-ring (bicyclic) bond motifs is 1. The molecule has 0 radical (unpaired) electrons. The second kappa shape index (κ2) is 3.64. The van der Waals surface area contributed by atoms with Gasteiger partial charge in [0.25, 0.3) is 5.56 Å². The minimum absolute atomic E-state index is 0.311. The molecule has 5 heteroatoms. The smallest absolute Gasteiger partial charge is 0.290 e. The number of nitrogens with one attached hydrogen (secondary N) is 1. The van der Waals surface area contributed by atoms with E-state index in [4.69, 9.17) is 11.6 Å². The number of rotatable bonds is 0. The third-order valence-corrected chi connectivity index (χ3v) is 2.72. The lowest BCUT2D eigenvalue weighted by atomic mass is 10.1. The first-order valence-corrected chi connectivity index (χ1v) is 4.93. The van der Waals surface area contributed by atoms with Crippen LogP contribution in [0.1, 0.15) is 5.56 Å². The van der Waals surface area contributed by atoms with E-state index in [1.54, 1.807) is 13.0 Å². The zero-order chi connectivity index (χ0) is 11.9. The summed E-state index contributed by atoms with van der Waals surface area (Å²) in [6.45, 7) is 1.76. The maximum Gasteiger partial charge on any atom is 0.290 e. The van der Waals surface area contributed by atoms with Crippen LogP contribution in [-0.2, 0) is 0 Å². The molecule has 2 rings (SSSR count). The summed E-state index contributed by atoms with van der Waals surface area (Å²) in [5, 5.41) is 10.0. The number of hydrogen-bond acceptors (Lipinski definition) is 3. The number of aromatic hydroxyl groups is 1. The van der Waals surface area contributed by atoms with Crippen molar-refractivity contribution in [3.05, 3.63) is 49.4 Å². The zero-order valence-electron chi connectivity index (χ0n) is 8.37. The Hall–Kier alpha value is -1.81. The fourth-order valence-corrected chi connectivity index (χ4v) is 1.61. The van der Waals surface area contributed by atoms with Crippen LogP contribution in [0.3, 0.4) is 0 Å². The molecule has 0 saturated heterocycles. The highest BCUT2D eigenvalue weighted by atomic mass is 35.5. The SMILES string of the molecule is Cc1cc2c(=O)cc(O)c(=O)[nH]c2cc1Cl. The Morgan fingerprint density at radius 1 is 1.25 bits per heavy atom. The summed E-state index contributed by atoms with van der Waals surface area (Å²) in [7, 11) is 0. The molecule has 0 aliphatic rings. The van der Waals surface area contributed by atoms with Crippen molar-refractivity contribution in [3.63, 3.8) is 0 Å². The van der Waals surface area contributed by atoms with Gasteiger partial charge >= 0.3 is 0 Å². The van der Waals surface area contributed by atoms with Crippen LogP contribution in [0.15, 0.2) is 27.8 Å². The van der Waals surface area contributed by atoms with Gasteiger partial charge in [0, 0.05) is 16.5 Å². The van der Waals surface area contributed by atoms with Gasteiger partial charge in [-0.25, -0.2) is 0 Å². The molecule has 0 fully saturated rings. The molecule has 82 valence electrons. The highest BCUT2D eigenvalue weighted by molar-refractivity contribution is 6.32. The molecule has 0 unspecified atom stereocenters. The van der Waals surface area contributed by atoms with Crippen LogP contribution in [0.5, 0.6) is 5.75 Å². The van der Waals surface area contributed by atoms with Crippen LogP contribution in [0.25, 0.3) is 10.9 Å². The van der Waals surface area contributed by atoms with Crippen molar-refractivity contribution in [1.29, 1.82) is 0 Å². The highest BCUT2D eigenvalue weighted by Crippen LogP contribution is 2.19. The Morgan fingerprint density at radius 2 is 1.94 bits per heavy atom. The first kappa shape index (κ1) is 10.7. The average molecular weight is 238 g/mol. The molecule has 0 bridgehead atoms. The highest BCUT2D eigenvalue weighted by Gasteiger charge is 2.04. The minimum atomic E-state index is -0.716. The van der Waals surface area contributed by atoms with Crippen molar-refractivity contribution < 1.29 is 5.11 Å². The molecule has 1 heterocycles. The lowest BCUT2D eigenvalue weighted by molar-refractivity contribution is 0.468. The second-order valence-electron chi connectivity index (χ2n) is 3.49. The van der Waals surface area contributed by atoms with Crippen molar-refractivity contribution in [2.24, 2.45) is 0 Å². The number of aromatic nitrogens is 1. The lowest BCUT2D eigenvalue weighted by Crippen LogP contribution is -2.00. The Balaban J connectivity index is 3.10. The average Bonchev–Trinajstić information content (AvgIpc) is 2.30. The maximum atomic E-state index is 11.7. The summed E-state index contributed by atoms with van der Waals surface area (Å²) in [4.78, 5) is 25.4. The molecule has 4 nitrogen and oxygen atoms in total. The van der Waals surface area contributed by atoms with Crippen molar-refractivity contribution >= 4 is 22.5 Å². The van der Waals surface area contributed by atoms with Crippen molar-refractivity contribution in [3.8, 4) is 5.75 Å². The second-order valence-corrected chi connectivity index (χ2v) is 3.90. The summed E-state index contributed by atoms with van der Waals surface area (Å²) < 4.78 is 0. The van der Waals surface area contributed by atoms with Gasteiger partial charge in [0.15, 0.2) is 11.2 Å². The van der Waals surface area contributed by atoms with Crippen LogP contribution in [0, 0.1) is 6.92 Å². The van der Waals surface area contributed by atoms with Crippen LogP contribution >= 0.6 is 11.6 Å². The van der Waals surface area contributed by atoms with Crippen LogP contribution in [0.4, 0.5) is 0 Å². The maximum absolute atomic E-state index is 11.7. The molecule has 0 saturated carbocycles. The summed E-state index contributed by atoms with van der Waals surface area (Å²) in [6, 6.07) is 3.97. The van der Waals surface area contributed by atoms with E-state index in [2.05, 4.69) is 4.98 Å². The first-order chi connectivity index (χ1) is 7.49. The predicted octanol–water partition coefficient (Wildman–Crippen LogP) is 1.56. The van der Waals surface area contributed by atoms with E-state index in [9.17, 15) is 14.7 Å². The Labute approximate surface area is 95.1 Å². The zero-order valence-corrected chi connectivity index (χ0v) is 9.13. The van der Waals surface area contributed by atoms with Crippen molar-refractivity contribution in [2.75, 3.05) is 0 Å². The van der Waals surface area contributed by atoms with E-state index in [-0.39, 0.29) is 0 Å². The van der Waals surface area contributed by atoms with Gasteiger partial charge < -0.3 is 10.1 Å². The third kappa shape index (κ3) is 1.67. The Kier molecular flexibility index (Phi) is 2.44. The normalized spacial score (nSPS) is 10.6. The predicted molar refractivity (Wildman–Crippen MR) is 62.3 cm³/mol. The molecule has 2 N–H and O–H groups in total. The number of aryl methyl sites for hydroxylation is 1. The monoisotopic (exact) mass is 237 g/mol. The van der Waals surface area contributed by atoms with Gasteiger partial charge in [-0.3, -0.25) is 9.59 Å². The van der Waals surface area contributed by atoms with Gasteiger partial charge in [-0.2, -0.15) is 0 Å². The standard InChI is InChI=1S/C11H8ClNO3/c1-5-2-6-8(3-7(5)12)13-11(16)10(15)4-9(6)14/h2-4,15H,1H3,(H,13,16). The van der Waals surface area contributed by atoms with E-state index in [1.807, 2.05) is 0 Å². The van der Waals surface area contributed by atoms with E-state index in [0.29, 0.717) is 15.9 Å². The number of H-pyrrole nitrogens is 1. The van der Waals surface area contributed by atoms with Crippen LogP contribution < -0.4 is 11.0 Å². The quantitative estimate of drug-likeness (QED) is 0.731. The van der Waals surface area contributed by atoms with Crippen molar-refractivity contribution in [2.45, 2.75) is 6.92 Å². The Bertz CT molecular complexity index is 691. The molecule has 0 aliphatic heterocycles. The number of halogens is 1. The molecule has 0 aliphatic carbocycles. The number of aromatic amines is 1. The molecular weight excluding hydrogens is 230 g/mol. The van der Waals surface area contributed by atoms with E-state index in [0.717, 1.165) is 11.6 Å². The Morgan fingerprint density at radius 3 is 2.62 bits per heavy atom. The topological polar surface area (TPSA) is 70.2 Å². The molecule has 1 aromatic heterocycles.